The molecule has 94 valence electrons. The van der Waals surface area contributed by atoms with Crippen molar-refractivity contribution >= 4 is 0 Å². The molecule has 1 aliphatic rings. The minimum Gasteiger partial charge on any atom is -0.502 e. The monoisotopic (exact) mass is 227 g/mol. The first-order chi connectivity index (χ1) is 7.86. The number of hydrogen-bond acceptors (Lipinski definition) is 3. The average molecular weight is 227 g/mol. The molecular formula is C13H25NO2. The zero-order chi connectivity index (χ0) is 11.6. The highest BCUT2D eigenvalue weighted by atomic mass is 16.5. The number of rotatable bonds is 8. The van der Waals surface area contributed by atoms with Crippen LogP contribution in [-0.2, 0) is 9.47 Å². The van der Waals surface area contributed by atoms with Gasteiger partial charge in [-0.05, 0) is 32.2 Å². The summed E-state index contributed by atoms with van der Waals surface area (Å²) in [7, 11) is 0. The third-order valence-electron chi connectivity index (χ3n) is 2.97. The van der Waals surface area contributed by atoms with Crippen LogP contribution >= 0.6 is 0 Å². The van der Waals surface area contributed by atoms with E-state index in [-0.39, 0.29) is 0 Å². The van der Waals surface area contributed by atoms with Crippen molar-refractivity contribution in [2.24, 2.45) is 0 Å². The summed E-state index contributed by atoms with van der Waals surface area (Å²) in [6.45, 7) is 8.43. The summed E-state index contributed by atoms with van der Waals surface area (Å²) < 4.78 is 10.8. The molecule has 0 radical (unpaired) electrons. The smallest absolute Gasteiger partial charge is 0.0885 e. The lowest BCUT2D eigenvalue weighted by atomic mass is 10.00. The van der Waals surface area contributed by atoms with Crippen LogP contribution in [0.4, 0.5) is 0 Å². The first-order valence-corrected chi connectivity index (χ1v) is 6.44. The van der Waals surface area contributed by atoms with Gasteiger partial charge in [-0.2, -0.15) is 0 Å². The van der Waals surface area contributed by atoms with Crippen molar-refractivity contribution in [2.45, 2.75) is 51.2 Å². The van der Waals surface area contributed by atoms with Gasteiger partial charge in [0.1, 0.15) is 0 Å². The lowest BCUT2D eigenvalue weighted by molar-refractivity contribution is -0.00325. The Morgan fingerprint density at radius 2 is 2.44 bits per heavy atom. The van der Waals surface area contributed by atoms with E-state index in [0.717, 1.165) is 39.0 Å². The number of nitrogens with one attached hydrogen (secondary N) is 1. The highest BCUT2D eigenvalue weighted by molar-refractivity contribution is 4.76. The molecule has 3 nitrogen and oxygen atoms in total. The van der Waals surface area contributed by atoms with E-state index in [1.54, 1.807) is 0 Å². The Balaban J connectivity index is 2.04. The second-order valence-electron chi connectivity index (χ2n) is 4.35. The fourth-order valence-electron chi connectivity index (χ4n) is 2.13. The van der Waals surface area contributed by atoms with Gasteiger partial charge in [0.2, 0.25) is 0 Å². The van der Waals surface area contributed by atoms with Gasteiger partial charge < -0.3 is 14.8 Å². The Bertz CT molecular complexity index is 183. The van der Waals surface area contributed by atoms with Gasteiger partial charge in [0, 0.05) is 12.6 Å². The van der Waals surface area contributed by atoms with E-state index in [2.05, 4.69) is 18.8 Å². The van der Waals surface area contributed by atoms with Crippen LogP contribution in [-0.4, -0.2) is 31.9 Å². The summed E-state index contributed by atoms with van der Waals surface area (Å²) in [6.07, 6.45) is 7.73. The fourth-order valence-corrected chi connectivity index (χ4v) is 2.13. The highest BCUT2D eigenvalue weighted by Crippen LogP contribution is 2.17. The van der Waals surface area contributed by atoms with Crippen molar-refractivity contribution in [1.29, 1.82) is 0 Å². The molecule has 0 saturated carbocycles. The zero-order valence-corrected chi connectivity index (χ0v) is 10.4. The third kappa shape index (κ3) is 5.52. The highest BCUT2D eigenvalue weighted by Gasteiger charge is 2.20. The molecule has 0 aliphatic carbocycles. The predicted octanol–water partition coefficient (Wildman–Crippen LogP) is 2.47. The molecule has 0 amide bonds. The average Bonchev–Trinajstić information content (AvgIpc) is 2.30. The van der Waals surface area contributed by atoms with Crippen molar-refractivity contribution in [3.05, 3.63) is 12.8 Å². The van der Waals surface area contributed by atoms with Gasteiger partial charge in [0.05, 0.1) is 19.0 Å². The van der Waals surface area contributed by atoms with Crippen molar-refractivity contribution in [3.63, 3.8) is 0 Å². The summed E-state index contributed by atoms with van der Waals surface area (Å²) in [5.41, 5.74) is 0. The van der Waals surface area contributed by atoms with E-state index in [0.29, 0.717) is 12.1 Å². The molecule has 3 heteroatoms. The van der Waals surface area contributed by atoms with E-state index in [1.165, 1.54) is 19.1 Å². The molecule has 1 saturated heterocycles. The normalized spacial score (nSPS) is 25.3. The van der Waals surface area contributed by atoms with Crippen molar-refractivity contribution in [3.8, 4) is 0 Å². The molecule has 1 fully saturated rings. The van der Waals surface area contributed by atoms with Crippen LogP contribution in [0, 0.1) is 0 Å². The van der Waals surface area contributed by atoms with E-state index in [1.807, 2.05) is 0 Å². The Hall–Kier alpha value is -0.540. The van der Waals surface area contributed by atoms with E-state index in [4.69, 9.17) is 9.47 Å². The van der Waals surface area contributed by atoms with Crippen LogP contribution in [0.3, 0.4) is 0 Å². The second kappa shape index (κ2) is 8.59. The largest absolute Gasteiger partial charge is 0.502 e. The van der Waals surface area contributed by atoms with Gasteiger partial charge in [-0.25, -0.2) is 0 Å². The maximum absolute atomic E-state index is 5.72. The fraction of sp³-hybridized carbons (Fsp3) is 0.846. The Labute approximate surface area is 99.2 Å². The SMILES string of the molecule is C=COCCCNC1CCOC(CCC)C1. The summed E-state index contributed by atoms with van der Waals surface area (Å²) in [5.74, 6) is 0. The lowest BCUT2D eigenvalue weighted by Gasteiger charge is -2.30. The van der Waals surface area contributed by atoms with Gasteiger partial charge in [-0.15, -0.1) is 0 Å². The van der Waals surface area contributed by atoms with Crippen LogP contribution in [0.15, 0.2) is 12.8 Å². The first kappa shape index (κ1) is 13.5. The third-order valence-corrected chi connectivity index (χ3v) is 2.97. The molecule has 1 rings (SSSR count). The molecule has 0 aromatic heterocycles. The van der Waals surface area contributed by atoms with Gasteiger partial charge >= 0.3 is 0 Å². The Morgan fingerprint density at radius 1 is 1.56 bits per heavy atom. The molecule has 0 spiro atoms. The van der Waals surface area contributed by atoms with Crippen molar-refractivity contribution < 1.29 is 9.47 Å². The number of hydrogen-bond donors (Lipinski definition) is 1. The quantitative estimate of drug-likeness (QED) is 0.510. The van der Waals surface area contributed by atoms with Crippen LogP contribution in [0.1, 0.15) is 39.0 Å². The molecule has 1 heterocycles. The Kier molecular flexibility index (Phi) is 7.26. The molecule has 1 aliphatic heterocycles. The van der Waals surface area contributed by atoms with Crippen LogP contribution in [0.2, 0.25) is 0 Å². The lowest BCUT2D eigenvalue weighted by Crippen LogP contribution is -2.39. The van der Waals surface area contributed by atoms with Crippen LogP contribution in [0.25, 0.3) is 0 Å². The van der Waals surface area contributed by atoms with Crippen LogP contribution < -0.4 is 5.32 Å². The van der Waals surface area contributed by atoms with E-state index in [9.17, 15) is 0 Å². The zero-order valence-electron chi connectivity index (χ0n) is 10.4. The molecular weight excluding hydrogens is 202 g/mol. The standard InChI is InChI=1S/C13H25NO2/c1-3-6-13-11-12(7-10-16-13)14-8-5-9-15-4-2/h4,12-14H,2-3,5-11H2,1H3. The summed E-state index contributed by atoms with van der Waals surface area (Å²) >= 11 is 0. The van der Waals surface area contributed by atoms with Crippen LogP contribution in [0.5, 0.6) is 0 Å². The molecule has 16 heavy (non-hydrogen) atoms. The Morgan fingerprint density at radius 3 is 3.19 bits per heavy atom. The predicted molar refractivity (Wildman–Crippen MR) is 66.4 cm³/mol. The molecule has 0 aromatic rings. The summed E-state index contributed by atoms with van der Waals surface area (Å²) in [6, 6.07) is 0.633. The summed E-state index contributed by atoms with van der Waals surface area (Å²) in [4.78, 5) is 0. The topological polar surface area (TPSA) is 30.5 Å². The molecule has 2 atom stereocenters. The van der Waals surface area contributed by atoms with Gasteiger partial charge in [-0.3, -0.25) is 0 Å². The maximum atomic E-state index is 5.72. The van der Waals surface area contributed by atoms with Crippen molar-refractivity contribution in [2.75, 3.05) is 19.8 Å². The van der Waals surface area contributed by atoms with Gasteiger partial charge in [-0.1, -0.05) is 19.9 Å². The maximum Gasteiger partial charge on any atom is 0.0885 e. The molecule has 1 N–H and O–H groups in total. The summed E-state index contributed by atoms with van der Waals surface area (Å²) in [5, 5.41) is 3.57. The second-order valence-corrected chi connectivity index (χ2v) is 4.35. The van der Waals surface area contributed by atoms with E-state index >= 15 is 0 Å². The molecule has 2 unspecified atom stereocenters. The molecule has 0 bridgehead atoms. The van der Waals surface area contributed by atoms with E-state index < -0.39 is 0 Å². The van der Waals surface area contributed by atoms with Crippen molar-refractivity contribution in [1.82, 2.24) is 5.32 Å². The minimum absolute atomic E-state index is 0.473. The number of ether oxygens (including phenoxy) is 2. The minimum atomic E-state index is 0.473. The first-order valence-electron chi connectivity index (χ1n) is 6.44. The molecule has 0 aromatic carbocycles. The van der Waals surface area contributed by atoms with Gasteiger partial charge in [0.25, 0.3) is 0 Å². The van der Waals surface area contributed by atoms with Gasteiger partial charge in [0.15, 0.2) is 0 Å².